The average molecular weight is 450 g/mol. The zero-order chi connectivity index (χ0) is 23.5. The second kappa shape index (κ2) is 9.54. The molecule has 2 aromatic rings. The van der Waals surface area contributed by atoms with Gasteiger partial charge in [-0.25, -0.2) is 0 Å². The summed E-state index contributed by atoms with van der Waals surface area (Å²) in [5.41, 5.74) is 2.05. The second-order valence-electron chi connectivity index (χ2n) is 8.79. The Morgan fingerprint density at radius 3 is 2.36 bits per heavy atom. The summed E-state index contributed by atoms with van der Waals surface area (Å²) in [4.78, 5) is 51.2. The summed E-state index contributed by atoms with van der Waals surface area (Å²) in [6.07, 6.45) is 2.06. The van der Waals surface area contributed by atoms with Crippen LogP contribution in [0.5, 0.6) is 0 Å². The van der Waals surface area contributed by atoms with Gasteiger partial charge in [0.05, 0.1) is 23.8 Å². The minimum absolute atomic E-state index is 0.0758. The van der Waals surface area contributed by atoms with E-state index in [1.165, 1.54) is 11.0 Å². The monoisotopic (exact) mass is 449 g/mol. The summed E-state index contributed by atoms with van der Waals surface area (Å²) in [5.74, 6) is -0.884. The van der Waals surface area contributed by atoms with Crippen molar-refractivity contribution >= 4 is 35.0 Å². The summed E-state index contributed by atoms with van der Waals surface area (Å²) >= 11 is 0. The number of ether oxygens (including phenoxy) is 1. The van der Waals surface area contributed by atoms with Crippen molar-refractivity contribution in [2.24, 2.45) is 5.92 Å². The highest BCUT2D eigenvalue weighted by atomic mass is 16.5. The van der Waals surface area contributed by atoms with Gasteiger partial charge in [-0.1, -0.05) is 13.8 Å². The number of imide groups is 1. The molecule has 2 aromatic carbocycles. The van der Waals surface area contributed by atoms with Crippen molar-refractivity contribution in [2.45, 2.75) is 39.2 Å². The van der Waals surface area contributed by atoms with Crippen LogP contribution >= 0.6 is 0 Å². The molecule has 4 amide bonds. The number of carbonyl (C=O) groups excluding carboxylic acids is 4. The lowest BCUT2D eigenvalue weighted by Crippen LogP contribution is -2.36. The molecule has 2 heterocycles. The molecule has 8 heteroatoms. The Kier molecular flexibility index (Phi) is 6.55. The highest BCUT2D eigenvalue weighted by Gasteiger charge is 2.37. The Morgan fingerprint density at radius 2 is 1.70 bits per heavy atom. The molecule has 0 saturated carbocycles. The molecule has 2 N–H and O–H groups in total. The summed E-state index contributed by atoms with van der Waals surface area (Å²) in [5, 5.41) is 5.57. The van der Waals surface area contributed by atoms with Crippen LogP contribution in [0.4, 0.5) is 11.4 Å². The molecular formula is C25H27N3O5. The van der Waals surface area contributed by atoms with E-state index < -0.39 is 0 Å². The van der Waals surface area contributed by atoms with Crippen LogP contribution in [0.15, 0.2) is 42.5 Å². The average Bonchev–Trinajstić information content (AvgIpc) is 3.37. The molecule has 1 atom stereocenters. The maximum atomic E-state index is 12.8. The molecule has 1 saturated heterocycles. The van der Waals surface area contributed by atoms with Gasteiger partial charge in [0.1, 0.15) is 0 Å². The number of hydrogen-bond acceptors (Lipinski definition) is 5. The Labute approximate surface area is 192 Å². The van der Waals surface area contributed by atoms with Crippen LogP contribution in [0.1, 0.15) is 64.2 Å². The van der Waals surface area contributed by atoms with Crippen LogP contribution in [-0.4, -0.2) is 47.8 Å². The van der Waals surface area contributed by atoms with Crippen molar-refractivity contribution in [3.05, 3.63) is 59.2 Å². The molecule has 0 aromatic heterocycles. The summed E-state index contributed by atoms with van der Waals surface area (Å²) < 4.78 is 5.56. The number of fused-ring (bicyclic) bond motifs is 1. The Bertz CT molecular complexity index is 1090. The lowest BCUT2D eigenvalue weighted by molar-refractivity contribution is -0.116. The van der Waals surface area contributed by atoms with Crippen molar-refractivity contribution in [3.63, 3.8) is 0 Å². The van der Waals surface area contributed by atoms with E-state index in [2.05, 4.69) is 10.6 Å². The molecule has 1 fully saturated rings. The zero-order valence-electron chi connectivity index (χ0n) is 18.7. The SMILES string of the molecule is CC(C)CC(=O)Nc1ccc(C(=O)Nc2ccc3c(c2)C(=O)N(CC2CCCO2)C3=O)cc1. The standard InChI is InChI=1S/C25H27N3O5/c1-15(2)12-22(29)26-17-7-5-16(6-8-17)23(30)27-18-9-10-20-21(13-18)25(32)28(24(20)31)14-19-4-3-11-33-19/h5-10,13,15,19H,3-4,11-12,14H2,1-2H3,(H,26,29)(H,27,30). The minimum atomic E-state index is -0.372. The van der Waals surface area contributed by atoms with E-state index >= 15 is 0 Å². The number of carbonyl (C=O) groups is 4. The van der Waals surface area contributed by atoms with Gasteiger partial charge in [0.25, 0.3) is 17.7 Å². The molecule has 1 unspecified atom stereocenters. The lowest BCUT2D eigenvalue weighted by atomic mass is 10.1. The predicted octanol–water partition coefficient (Wildman–Crippen LogP) is 3.70. The van der Waals surface area contributed by atoms with Crippen molar-refractivity contribution in [3.8, 4) is 0 Å². The predicted molar refractivity (Wildman–Crippen MR) is 123 cm³/mol. The van der Waals surface area contributed by atoms with Crippen LogP contribution < -0.4 is 10.6 Å². The third-order valence-electron chi connectivity index (χ3n) is 5.66. The van der Waals surface area contributed by atoms with E-state index in [1.807, 2.05) is 13.8 Å². The number of benzene rings is 2. The molecule has 0 spiro atoms. The maximum Gasteiger partial charge on any atom is 0.261 e. The molecule has 172 valence electrons. The van der Waals surface area contributed by atoms with Crippen molar-refractivity contribution < 1.29 is 23.9 Å². The normalized spacial score (nSPS) is 17.4. The smallest absolute Gasteiger partial charge is 0.261 e. The van der Waals surface area contributed by atoms with Crippen LogP contribution in [-0.2, 0) is 9.53 Å². The fraction of sp³-hybridized carbons (Fsp3) is 0.360. The van der Waals surface area contributed by atoms with Gasteiger partial charge < -0.3 is 15.4 Å². The van der Waals surface area contributed by atoms with Gasteiger partial charge in [0.15, 0.2) is 0 Å². The molecule has 2 aliphatic rings. The quantitative estimate of drug-likeness (QED) is 0.627. The molecule has 0 bridgehead atoms. The zero-order valence-corrected chi connectivity index (χ0v) is 18.7. The van der Waals surface area contributed by atoms with Crippen LogP contribution in [0, 0.1) is 5.92 Å². The van der Waals surface area contributed by atoms with E-state index in [0.717, 1.165) is 12.8 Å². The number of rotatable bonds is 7. The van der Waals surface area contributed by atoms with E-state index in [-0.39, 0.29) is 47.8 Å². The van der Waals surface area contributed by atoms with Crippen molar-refractivity contribution in [1.29, 1.82) is 0 Å². The van der Waals surface area contributed by atoms with Crippen LogP contribution in [0.2, 0.25) is 0 Å². The minimum Gasteiger partial charge on any atom is -0.376 e. The van der Waals surface area contributed by atoms with Gasteiger partial charge in [0, 0.05) is 30.0 Å². The number of nitrogens with one attached hydrogen (secondary N) is 2. The van der Waals surface area contributed by atoms with Gasteiger partial charge in [-0.3, -0.25) is 24.1 Å². The van der Waals surface area contributed by atoms with Crippen molar-refractivity contribution in [2.75, 3.05) is 23.8 Å². The third kappa shape index (κ3) is 5.12. The first kappa shape index (κ1) is 22.7. The fourth-order valence-electron chi connectivity index (χ4n) is 4.02. The van der Waals surface area contributed by atoms with Gasteiger partial charge in [-0.15, -0.1) is 0 Å². The number of anilines is 2. The Balaban J connectivity index is 1.41. The summed E-state index contributed by atoms with van der Waals surface area (Å²) in [6.45, 7) is 4.83. The van der Waals surface area contributed by atoms with E-state index in [0.29, 0.717) is 35.5 Å². The van der Waals surface area contributed by atoms with Crippen LogP contribution in [0.25, 0.3) is 0 Å². The topological polar surface area (TPSA) is 105 Å². The van der Waals surface area contributed by atoms with Gasteiger partial charge in [-0.05, 0) is 61.2 Å². The Morgan fingerprint density at radius 1 is 1.00 bits per heavy atom. The Hall–Kier alpha value is -3.52. The maximum absolute atomic E-state index is 12.8. The summed E-state index contributed by atoms with van der Waals surface area (Å²) in [6, 6.07) is 11.3. The molecule has 4 rings (SSSR count). The fourth-order valence-corrected chi connectivity index (χ4v) is 4.02. The third-order valence-corrected chi connectivity index (χ3v) is 5.66. The van der Waals surface area contributed by atoms with Gasteiger partial charge in [-0.2, -0.15) is 0 Å². The molecule has 8 nitrogen and oxygen atoms in total. The number of amides is 4. The second-order valence-corrected chi connectivity index (χ2v) is 8.79. The van der Waals surface area contributed by atoms with E-state index in [1.54, 1.807) is 36.4 Å². The molecular weight excluding hydrogens is 422 g/mol. The van der Waals surface area contributed by atoms with Crippen molar-refractivity contribution in [1.82, 2.24) is 4.90 Å². The molecule has 33 heavy (non-hydrogen) atoms. The number of nitrogens with zero attached hydrogens (tertiary/aromatic N) is 1. The van der Waals surface area contributed by atoms with Gasteiger partial charge in [0.2, 0.25) is 5.91 Å². The molecule has 2 aliphatic heterocycles. The first-order chi connectivity index (χ1) is 15.8. The van der Waals surface area contributed by atoms with E-state index in [9.17, 15) is 19.2 Å². The van der Waals surface area contributed by atoms with Gasteiger partial charge >= 0.3 is 0 Å². The highest BCUT2D eigenvalue weighted by molar-refractivity contribution is 6.22. The first-order valence-corrected chi connectivity index (χ1v) is 11.1. The molecule has 0 radical (unpaired) electrons. The largest absolute Gasteiger partial charge is 0.376 e. The number of hydrogen-bond donors (Lipinski definition) is 2. The summed E-state index contributed by atoms with van der Waals surface area (Å²) in [7, 11) is 0. The lowest BCUT2D eigenvalue weighted by Gasteiger charge is -2.17. The van der Waals surface area contributed by atoms with E-state index in [4.69, 9.17) is 4.74 Å². The first-order valence-electron chi connectivity index (χ1n) is 11.1. The van der Waals surface area contributed by atoms with Crippen LogP contribution in [0.3, 0.4) is 0 Å². The highest BCUT2D eigenvalue weighted by Crippen LogP contribution is 2.28. The molecule has 0 aliphatic carbocycles.